The Bertz CT molecular complexity index is 774. The van der Waals surface area contributed by atoms with Crippen molar-refractivity contribution in [3.8, 4) is 0 Å². The standard InChI is InChI=1S/C10H12BrN2O9P/c11-4-2-13(9(16)12-8(4)15)7-1-5(14)6(22-7)3-21-23(19,20)10(17)18/h2,5-7,14H,1,3H2,(H,17,18)(H,19,20)(H,12,15,16)/t5-,6+,7+/m0/s1. The number of hydrogen-bond acceptors (Lipinski definition) is 7. The minimum Gasteiger partial charge on any atom is -0.472 e. The summed E-state index contributed by atoms with van der Waals surface area (Å²) in [6, 6.07) is 0. The maximum atomic E-state index is 11.7. The predicted molar refractivity (Wildman–Crippen MR) is 77.4 cm³/mol. The Hall–Kier alpha value is -1.30. The van der Waals surface area contributed by atoms with Crippen LogP contribution in [-0.4, -0.2) is 49.2 Å². The molecule has 1 aliphatic rings. The maximum absolute atomic E-state index is 11.7. The summed E-state index contributed by atoms with van der Waals surface area (Å²) in [5.41, 5.74) is -3.43. The van der Waals surface area contributed by atoms with Gasteiger partial charge in [0.05, 0.1) is 17.2 Å². The summed E-state index contributed by atoms with van der Waals surface area (Å²) in [5, 5.41) is 18.3. The van der Waals surface area contributed by atoms with Gasteiger partial charge in [0, 0.05) is 12.6 Å². The molecule has 2 rings (SSSR count). The summed E-state index contributed by atoms with van der Waals surface area (Å²) in [5.74, 6) is 0. The number of rotatable bonds is 5. The third-order valence-electron chi connectivity index (χ3n) is 3.09. The van der Waals surface area contributed by atoms with Crippen LogP contribution in [0.2, 0.25) is 0 Å². The van der Waals surface area contributed by atoms with Gasteiger partial charge in [-0.05, 0) is 15.9 Å². The first kappa shape index (κ1) is 18.0. The summed E-state index contributed by atoms with van der Waals surface area (Å²) in [6.45, 7) is -0.656. The number of carboxylic acid groups (broad SMARTS) is 1. The van der Waals surface area contributed by atoms with Crippen LogP contribution in [-0.2, 0) is 13.8 Å². The topological polar surface area (TPSA) is 168 Å². The summed E-state index contributed by atoms with van der Waals surface area (Å²) < 4.78 is 22.0. The molecule has 1 saturated heterocycles. The van der Waals surface area contributed by atoms with E-state index in [0.717, 1.165) is 4.57 Å². The Morgan fingerprint density at radius 3 is 2.83 bits per heavy atom. The molecule has 128 valence electrons. The molecule has 0 spiro atoms. The smallest absolute Gasteiger partial charge is 0.435 e. The number of carbonyl (C=O) groups is 1. The molecule has 11 nitrogen and oxygen atoms in total. The van der Waals surface area contributed by atoms with Gasteiger partial charge in [-0.15, -0.1) is 0 Å². The number of aliphatic hydroxyl groups is 1. The molecule has 2 heterocycles. The van der Waals surface area contributed by atoms with Gasteiger partial charge in [0.2, 0.25) is 0 Å². The molecule has 0 bridgehead atoms. The molecule has 1 fully saturated rings. The monoisotopic (exact) mass is 414 g/mol. The van der Waals surface area contributed by atoms with E-state index in [1.807, 2.05) is 4.98 Å². The van der Waals surface area contributed by atoms with E-state index in [-0.39, 0.29) is 10.9 Å². The highest BCUT2D eigenvalue weighted by Gasteiger charge is 2.39. The predicted octanol–water partition coefficient (Wildman–Crippen LogP) is -0.173. The summed E-state index contributed by atoms with van der Waals surface area (Å²) in [7, 11) is -4.86. The lowest BCUT2D eigenvalue weighted by molar-refractivity contribution is -0.0422. The zero-order valence-corrected chi connectivity index (χ0v) is 13.8. The van der Waals surface area contributed by atoms with E-state index in [1.54, 1.807) is 0 Å². The van der Waals surface area contributed by atoms with Crippen LogP contribution in [0, 0.1) is 0 Å². The zero-order chi connectivity index (χ0) is 17.4. The number of H-pyrrole nitrogens is 1. The molecule has 23 heavy (non-hydrogen) atoms. The van der Waals surface area contributed by atoms with Crippen molar-refractivity contribution in [2.75, 3.05) is 6.61 Å². The van der Waals surface area contributed by atoms with E-state index < -0.39 is 49.6 Å². The van der Waals surface area contributed by atoms with Crippen LogP contribution in [0.3, 0.4) is 0 Å². The first-order chi connectivity index (χ1) is 10.6. The molecule has 0 aliphatic carbocycles. The fourth-order valence-corrected chi connectivity index (χ4v) is 2.72. The van der Waals surface area contributed by atoms with Gasteiger partial charge in [0.15, 0.2) is 0 Å². The van der Waals surface area contributed by atoms with Crippen molar-refractivity contribution in [1.82, 2.24) is 9.55 Å². The SMILES string of the molecule is O=C(O)P(=O)(O)OC[C@H]1O[C@@H](n2cc(Br)c(=O)[nH]c2=O)C[C@@H]1O. The molecule has 0 amide bonds. The van der Waals surface area contributed by atoms with Crippen molar-refractivity contribution in [2.24, 2.45) is 0 Å². The number of aromatic nitrogens is 2. The zero-order valence-electron chi connectivity index (χ0n) is 11.3. The number of nitrogens with one attached hydrogen (secondary N) is 1. The van der Waals surface area contributed by atoms with E-state index in [4.69, 9.17) is 14.7 Å². The highest BCUT2D eigenvalue weighted by atomic mass is 79.9. The number of hydrogen-bond donors (Lipinski definition) is 4. The summed E-state index contributed by atoms with van der Waals surface area (Å²) in [6.07, 6.45) is -2.11. The molecule has 0 saturated carbocycles. The highest BCUT2D eigenvalue weighted by Crippen LogP contribution is 2.43. The van der Waals surface area contributed by atoms with Crippen LogP contribution < -0.4 is 11.2 Å². The Morgan fingerprint density at radius 2 is 2.22 bits per heavy atom. The molecule has 0 aromatic carbocycles. The minimum absolute atomic E-state index is 0.0603. The summed E-state index contributed by atoms with van der Waals surface area (Å²) >= 11 is 2.95. The van der Waals surface area contributed by atoms with E-state index in [1.165, 1.54) is 6.20 Å². The normalized spacial score (nSPS) is 26.8. The van der Waals surface area contributed by atoms with E-state index >= 15 is 0 Å². The molecule has 1 aromatic heterocycles. The molecule has 4 atom stereocenters. The average Bonchev–Trinajstić information content (AvgIpc) is 2.81. The van der Waals surface area contributed by atoms with E-state index in [2.05, 4.69) is 20.5 Å². The Kier molecular flexibility index (Phi) is 5.23. The quantitative estimate of drug-likeness (QED) is 0.477. The second-order valence-corrected chi connectivity index (χ2v) is 7.21. The molecule has 1 unspecified atom stereocenters. The van der Waals surface area contributed by atoms with Gasteiger partial charge in [-0.3, -0.25) is 18.9 Å². The number of nitrogens with zero attached hydrogens (tertiary/aromatic N) is 1. The molecule has 13 heteroatoms. The molecule has 0 radical (unpaired) electrons. The number of aromatic amines is 1. The van der Waals surface area contributed by atoms with Crippen LogP contribution in [0.4, 0.5) is 4.79 Å². The third-order valence-corrected chi connectivity index (χ3v) is 4.64. The lowest BCUT2D eigenvalue weighted by Crippen LogP contribution is -2.32. The van der Waals surface area contributed by atoms with Gasteiger partial charge in [0.25, 0.3) is 5.56 Å². The van der Waals surface area contributed by atoms with Crippen molar-refractivity contribution in [3.05, 3.63) is 31.5 Å². The number of aliphatic hydroxyl groups excluding tert-OH is 1. The Morgan fingerprint density at radius 1 is 1.57 bits per heavy atom. The van der Waals surface area contributed by atoms with Crippen LogP contribution >= 0.6 is 23.5 Å². The fourth-order valence-electron chi connectivity index (χ4n) is 1.94. The van der Waals surface area contributed by atoms with Crippen LogP contribution in [0.1, 0.15) is 12.6 Å². The lowest BCUT2D eigenvalue weighted by Gasteiger charge is -2.17. The molecule has 1 aliphatic heterocycles. The van der Waals surface area contributed by atoms with Gasteiger partial charge in [-0.2, -0.15) is 0 Å². The molecule has 1 aromatic rings. The number of ether oxygens (including phenoxy) is 1. The molecule has 4 N–H and O–H groups in total. The fraction of sp³-hybridized carbons (Fsp3) is 0.500. The number of halogens is 1. The van der Waals surface area contributed by atoms with Crippen LogP contribution in [0.25, 0.3) is 0 Å². The van der Waals surface area contributed by atoms with Gasteiger partial charge in [0.1, 0.15) is 12.3 Å². The van der Waals surface area contributed by atoms with Gasteiger partial charge >= 0.3 is 19.0 Å². The maximum Gasteiger partial charge on any atom is 0.435 e. The van der Waals surface area contributed by atoms with Gasteiger partial charge < -0.3 is 19.8 Å². The van der Waals surface area contributed by atoms with Crippen LogP contribution in [0.15, 0.2) is 20.3 Å². The lowest BCUT2D eigenvalue weighted by atomic mass is 10.2. The van der Waals surface area contributed by atoms with E-state index in [9.17, 15) is 24.1 Å². The first-order valence-corrected chi connectivity index (χ1v) is 8.54. The largest absolute Gasteiger partial charge is 0.472 e. The van der Waals surface area contributed by atoms with Crippen molar-refractivity contribution in [2.45, 2.75) is 24.9 Å². The van der Waals surface area contributed by atoms with E-state index in [0.29, 0.717) is 0 Å². The second kappa shape index (κ2) is 6.67. The van der Waals surface area contributed by atoms with Gasteiger partial charge in [-0.25, -0.2) is 14.2 Å². The average molecular weight is 415 g/mol. The highest BCUT2D eigenvalue weighted by molar-refractivity contribution is 9.10. The first-order valence-electron chi connectivity index (χ1n) is 6.17. The third kappa shape index (κ3) is 3.97. The van der Waals surface area contributed by atoms with Crippen molar-refractivity contribution < 1.29 is 33.7 Å². The van der Waals surface area contributed by atoms with Crippen LogP contribution in [0.5, 0.6) is 0 Å². The Balaban J connectivity index is 2.11. The van der Waals surface area contributed by atoms with Crippen molar-refractivity contribution in [3.63, 3.8) is 0 Å². The summed E-state index contributed by atoms with van der Waals surface area (Å²) in [4.78, 5) is 44.5. The molecular formula is C10H12BrN2O9P. The Labute approximate surface area is 136 Å². The molecular weight excluding hydrogens is 403 g/mol. The van der Waals surface area contributed by atoms with Crippen molar-refractivity contribution >= 4 is 29.2 Å². The second-order valence-electron chi connectivity index (χ2n) is 4.67. The van der Waals surface area contributed by atoms with Crippen molar-refractivity contribution in [1.29, 1.82) is 0 Å². The minimum atomic E-state index is -4.86. The van der Waals surface area contributed by atoms with Gasteiger partial charge in [-0.1, -0.05) is 0 Å².